The number of fused-ring (bicyclic) bond motifs is 4. The molecule has 31 nitrogen and oxygen atoms in total. The number of ether oxygens (including phenoxy) is 1. The summed E-state index contributed by atoms with van der Waals surface area (Å²) in [7, 11) is -2.38. The second kappa shape index (κ2) is 59.1. The molecule has 0 aliphatic carbocycles. The summed E-state index contributed by atoms with van der Waals surface area (Å²) in [6, 6.07) is 59.7. The molecule has 4 aliphatic rings. The van der Waals surface area contributed by atoms with Crippen LogP contribution in [0, 0.1) is 58.2 Å². The first kappa shape index (κ1) is 125. The molecule has 0 atom stereocenters. The number of alkyl halides is 1. The largest absolute Gasteiger partial charge is 0 e. The van der Waals surface area contributed by atoms with Gasteiger partial charge in [-0.25, -0.2) is 41.0 Å². The number of anilines is 2. The third-order valence-corrected chi connectivity index (χ3v) is 20.5. The number of aliphatic carboxylic acids is 1. The van der Waals surface area contributed by atoms with Gasteiger partial charge in [0.1, 0.15) is 5.56 Å². The number of sulfonamides is 1. The van der Waals surface area contributed by atoms with Crippen LogP contribution in [0.2, 0.25) is 0 Å². The van der Waals surface area contributed by atoms with Crippen LogP contribution in [0.1, 0.15) is 225 Å². The fourth-order valence-corrected chi connectivity index (χ4v) is 13.7. The number of nitro benzene ring substituents is 2. The molecule has 6 amide bonds. The van der Waals surface area contributed by atoms with Gasteiger partial charge in [0.2, 0.25) is 0 Å². The molecule has 6 N–H and O–H groups in total. The zero-order chi connectivity index (χ0) is 101. The van der Waals surface area contributed by atoms with Gasteiger partial charge in [0, 0.05) is 64.5 Å². The van der Waals surface area contributed by atoms with Gasteiger partial charge < -0.3 is 28.2 Å². The Balaban J connectivity index is 0.000000814. The van der Waals surface area contributed by atoms with Crippen molar-refractivity contribution in [3.8, 4) is 6.07 Å². The quantitative estimate of drug-likeness (QED) is 0.00795. The minimum absolute atomic E-state index is 0. The van der Waals surface area contributed by atoms with Crippen LogP contribution in [0.4, 0.5) is 39.8 Å². The molecule has 4 heterocycles. The number of benzene rings is 10. The molecular formula is C96H98ClI5N12O19S2V2-. The van der Waals surface area contributed by atoms with E-state index in [0.29, 0.717) is 51.5 Å². The number of halogens is 6. The van der Waals surface area contributed by atoms with Crippen LogP contribution in [-0.2, 0) is 89.1 Å². The molecule has 10 aromatic carbocycles. The molecule has 0 aromatic heterocycles. The van der Waals surface area contributed by atoms with Crippen molar-refractivity contribution in [2.45, 2.75) is 154 Å². The van der Waals surface area contributed by atoms with Crippen LogP contribution in [0.5, 0.6) is 0 Å². The SMILES string of the molecule is C.CC(=O)O.CC(C)(C)c1ccc(S(=O)(=O)Cl)cc1.CC(C)I.CCC.I.N#Cc1cccc(CN)c1.O=C1OC(=O)c2c1cccc2[N+](=O)[O-].[C-]#[N+]c1cccc(CN2C(=O)c3cccc(N)c3C2=O)c1.[C-]#[N+]c1cccc(CN2C(=O)c3cccc(NS(=O)(=O)c4ccc(C(C)(C)C)cc4)c3C2=O)c1.[C-]#[N+]c1cccc(CN2C(=O)c3cccc([N+](=O)[O-])c3C2=O)c1.[CH2-]CC.[I][V]([I])[I].[V]. The van der Waals surface area contributed by atoms with E-state index in [1.165, 1.54) is 79.2 Å². The number of carbonyl (C=O) groups excluding carboxylic acids is 8. The first-order chi connectivity index (χ1) is 62.9. The van der Waals surface area contributed by atoms with Crippen LogP contribution in [-0.4, -0.2) is 104 Å². The third kappa shape index (κ3) is 38.0. The monoisotopic (exact) mass is 2560 g/mol. The van der Waals surface area contributed by atoms with Crippen LogP contribution in [0.15, 0.2) is 228 Å². The topological polar surface area (TPSA) is 448 Å². The van der Waals surface area contributed by atoms with E-state index in [0.717, 1.165) is 60.3 Å². The van der Waals surface area contributed by atoms with Gasteiger partial charge in [-0.05, 0) is 117 Å². The molecule has 0 spiro atoms. The Hall–Kier alpha value is -10.4. The van der Waals surface area contributed by atoms with Crippen LogP contribution in [0.3, 0.4) is 0 Å². The number of nitrogens with two attached hydrogens (primary N) is 2. The first-order valence-electron chi connectivity index (χ1n) is 40.0. The van der Waals surface area contributed by atoms with E-state index >= 15 is 0 Å². The van der Waals surface area contributed by atoms with Crippen molar-refractivity contribution in [3.63, 3.8) is 0 Å². The summed E-state index contributed by atoms with van der Waals surface area (Å²) in [5, 5.41) is 37.4. The Kier molecular flexibility index (Phi) is 53.7. The molecule has 10 aromatic rings. The average Bonchev–Trinajstić information content (AvgIpc) is 1.62. The number of esters is 2. The Labute approximate surface area is 882 Å². The number of rotatable bonds is 13. The Morgan fingerprint density at radius 2 is 0.869 bits per heavy atom. The third-order valence-electron chi connectivity index (χ3n) is 17.8. The Bertz CT molecular complexity index is 6430. The first-order valence-corrected chi connectivity index (χ1v) is 58.5. The van der Waals surface area contributed by atoms with Gasteiger partial charge >= 0.3 is 76.8 Å². The van der Waals surface area contributed by atoms with Crippen molar-refractivity contribution in [2.24, 2.45) is 5.73 Å². The second-order valence-electron chi connectivity index (χ2n) is 30.6. The zero-order valence-corrected chi connectivity index (χ0v) is 91.4. The van der Waals surface area contributed by atoms with E-state index in [-0.39, 0.29) is 157 Å². The Morgan fingerprint density at radius 1 is 0.555 bits per heavy atom. The van der Waals surface area contributed by atoms with E-state index < -0.39 is 76.1 Å². The summed E-state index contributed by atoms with van der Waals surface area (Å²) in [4.78, 5) is 140. The molecule has 137 heavy (non-hydrogen) atoms. The molecule has 4 aliphatic heterocycles. The summed E-state index contributed by atoms with van der Waals surface area (Å²) in [5.41, 5.74) is 17.9. The minimum Gasteiger partial charge on any atom is 0 e. The smallest absolute Gasteiger partial charge is 0 e. The maximum Gasteiger partial charge on any atom is 0 e. The van der Waals surface area contributed by atoms with E-state index in [1.807, 2.05) is 45.9 Å². The van der Waals surface area contributed by atoms with Gasteiger partial charge in [0.15, 0.2) is 22.6 Å². The fourth-order valence-electron chi connectivity index (χ4n) is 11.9. The summed E-state index contributed by atoms with van der Waals surface area (Å²) in [6.07, 6.45) is 2.25. The van der Waals surface area contributed by atoms with Gasteiger partial charge in [-0.2, -0.15) is 11.7 Å². The van der Waals surface area contributed by atoms with Crippen LogP contribution >= 0.6 is 117 Å². The predicted molar refractivity (Wildman–Crippen MR) is 565 cm³/mol. The molecule has 0 fully saturated rings. The van der Waals surface area contributed by atoms with E-state index in [2.05, 4.69) is 162 Å². The number of nitro groups is 2. The molecule has 14 rings (SSSR count). The number of hydrogen-bond acceptors (Lipinski definition) is 21. The van der Waals surface area contributed by atoms with Crippen molar-refractivity contribution >= 4 is 229 Å². The second-order valence-corrected chi connectivity index (χ2v) is 72.7. The van der Waals surface area contributed by atoms with Gasteiger partial charge in [0.25, 0.3) is 71.9 Å². The minimum atomic E-state index is -3.99. The van der Waals surface area contributed by atoms with Crippen molar-refractivity contribution < 1.29 is 103 Å². The number of imide groups is 3. The van der Waals surface area contributed by atoms with E-state index in [4.69, 9.17) is 57.0 Å². The zero-order valence-electron chi connectivity index (χ0n) is 75.3. The predicted octanol–water partition coefficient (Wildman–Crippen LogP) is 24.0. The molecule has 0 saturated heterocycles. The number of nitrogen functional groups attached to an aromatic ring is 1. The average molecular weight is 2560 g/mol. The number of nitrogens with one attached hydrogen (secondary N) is 1. The van der Waals surface area contributed by atoms with Gasteiger partial charge in [0.05, 0.1) is 110 Å². The van der Waals surface area contributed by atoms with Crippen molar-refractivity contribution in [2.75, 3.05) is 10.5 Å². The number of cyclic esters (lactones) is 2. The van der Waals surface area contributed by atoms with Crippen LogP contribution < -0.4 is 16.2 Å². The van der Waals surface area contributed by atoms with E-state index in [9.17, 15) is 75.4 Å². The van der Waals surface area contributed by atoms with Gasteiger partial charge in [-0.3, -0.25) is 73.2 Å². The summed E-state index contributed by atoms with van der Waals surface area (Å²) in [6.45, 7) is 49.2. The summed E-state index contributed by atoms with van der Waals surface area (Å²) < 4.78 is 55.5. The van der Waals surface area contributed by atoms with Crippen molar-refractivity contribution in [1.82, 2.24) is 14.7 Å². The molecule has 41 heteroatoms. The Morgan fingerprint density at radius 3 is 1.22 bits per heavy atom. The number of nitriles is 1. The van der Waals surface area contributed by atoms with Crippen LogP contribution in [0.25, 0.3) is 14.5 Å². The number of carbonyl (C=O) groups is 9. The number of carboxylic acids is 1. The maximum atomic E-state index is 13.2. The summed E-state index contributed by atoms with van der Waals surface area (Å²) >= 11 is 9.73. The molecule has 721 valence electrons. The molecule has 0 unspecified atom stereocenters. The van der Waals surface area contributed by atoms with E-state index in [1.54, 1.807) is 127 Å². The molecular weight excluding hydrogens is 2460 g/mol. The van der Waals surface area contributed by atoms with Gasteiger partial charge in [-0.15, -0.1) is 24.0 Å². The maximum absolute atomic E-state index is 13.2. The number of hydrogen-bond donors (Lipinski definition) is 4. The molecule has 1 radical (unpaired) electrons. The number of carboxylic acid groups (broad SMARTS) is 1. The number of nitrogens with zero attached hydrogens (tertiary/aromatic N) is 9. The number of amides is 6. The summed E-state index contributed by atoms with van der Waals surface area (Å²) in [5.74, 6) is -5.73. The van der Waals surface area contributed by atoms with Crippen molar-refractivity contribution in [3.05, 3.63) is 363 Å². The molecule has 0 bridgehead atoms. The molecule has 0 saturated carbocycles. The normalized spacial score (nSPS) is 11.9. The fraction of sp³-hybridized carbons (Fsp3) is 0.229. The van der Waals surface area contributed by atoms with Crippen molar-refractivity contribution in [1.29, 1.82) is 5.26 Å². The van der Waals surface area contributed by atoms with Gasteiger partial charge in [-0.1, -0.05) is 246 Å². The standard InChI is InChI=1S/C26H23N3O4S.C16H9N3O4.C16H11N3O2.C10H13ClO2S.C8H8N2.C8H3NO5.C3H7I.C3H8.C3H7.C2H4O2.CH4.4HI.2V/c1-26(2,3)18-11-13-20(14-12-18)34(32,33)28-22-10-6-9-21-23(22)25(31)29(24(21)30)16-17-7-5-8-19(15-17)27-4;1-17-11-5-2-4-10(8-11)9-18-15(20)12-6-3-7-13(19(22)23)14(12)16(18)21;1-18-11-5-2-4-10(8-11)9-19-15(20)12-6-3-7-13(17)14(12)16(19)21;1-10(2,3)8-4-6-9(7-5-8)14(11,12)13;9-5-7-2-1-3-8(4-7)6-10;10-7-4-2-1-3-5(9(12)13)6(4)8(11)14-7;1-3(2)4;2*1-3-2;1-2(3)4;;;;;;;/h5-15,28H,16H2,1-3H3;2-8H,9H2;2-8H,9,17H2;4-7H,1-3H3;1-4H,5,9H2;1-3H;3H,1-2H3;3H2,1-2H3;1,3H2,2H3;1H3,(H,3,4);1H4;4*1H;;/q;;;;;;;;-1;;;;;;;;+3/p-3.